The predicted octanol–water partition coefficient (Wildman–Crippen LogP) is 5.21. The summed E-state index contributed by atoms with van der Waals surface area (Å²) in [4.78, 5) is 50.2. The minimum Gasteiger partial charge on any atom is -0.335 e. The predicted molar refractivity (Wildman–Crippen MR) is 149 cm³/mol. The molecular weight excluding hydrogens is 517 g/mol. The Bertz CT molecular complexity index is 1440. The van der Waals surface area contributed by atoms with Crippen LogP contribution in [0, 0.1) is 11.7 Å². The van der Waals surface area contributed by atoms with Crippen LogP contribution in [-0.2, 0) is 9.59 Å². The zero-order valence-corrected chi connectivity index (χ0v) is 23.1. The molecule has 204 valence electrons. The molecule has 3 fully saturated rings. The number of hydrogen-bond acceptors (Lipinski definition) is 5. The average molecular weight is 550 g/mol. The van der Waals surface area contributed by atoms with E-state index in [2.05, 4.69) is 24.1 Å². The van der Waals surface area contributed by atoms with Gasteiger partial charge in [0.15, 0.2) is 5.13 Å². The van der Waals surface area contributed by atoms with Crippen molar-refractivity contribution in [2.75, 3.05) is 23.3 Å². The average Bonchev–Trinajstić information content (AvgIpc) is 3.69. The summed E-state index contributed by atoms with van der Waals surface area (Å²) in [5, 5.41) is 3.49. The van der Waals surface area contributed by atoms with Crippen molar-refractivity contribution < 1.29 is 18.8 Å². The number of anilines is 2. The Morgan fingerprint density at radius 3 is 2.59 bits per heavy atom. The second kappa shape index (κ2) is 9.89. The number of nitrogens with one attached hydrogen (secondary N) is 1. The van der Waals surface area contributed by atoms with E-state index in [1.807, 2.05) is 36.1 Å². The molecule has 3 aromatic rings. The van der Waals surface area contributed by atoms with E-state index < -0.39 is 12.0 Å². The van der Waals surface area contributed by atoms with Crippen LogP contribution in [0.3, 0.4) is 0 Å². The topological polar surface area (TPSA) is 85.8 Å². The maximum Gasteiger partial charge on any atom is 0.322 e. The van der Waals surface area contributed by atoms with Gasteiger partial charge in [0.2, 0.25) is 11.8 Å². The third-order valence-corrected chi connectivity index (χ3v) is 9.36. The van der Waals surface area contributed by atoms with E-state index in [9.17, 15) is 18.8 Å². The molecule has 0 aliphatic carbocycles. The Morgan fingerprint density at radius 1 is 1.08 bits per heavy atom. The number of fused-ring (bicyclic) bond motifs is 2. The minimum absolute atomic E-state index is 0.0760. The molecule has 4 heterocycles. The fourth-order valence-electron chi connectivity index (χ4n) is 6.30. The number of thiazole rings is 1. The van der Waals surface area contributed by atoms with E-state index in [-0.39, 0.29) is 35.7 Å². The van der Waals surface area contributed by atoms with Gasteiger partial charge in [-0.05, 0) is 61.1 Å². The van der Waals surface area contributed by atoms with Crippen molar-refractivity contribution in [3.63, 3.8) is 0 Å². The number of carbonyl (C=O) groups excluding carboxylic acids is 3. The molecule has 10 heteroatoms. The van der Waals surface area contributed by atoms with E-state index in [0.29, 0.717) is 52.9 Å². The number of benzene rings is 2. The molecule has 0 radical (unpaired) electrons. The summed E-state index contributed by atoms with van der Waals surface area (Å²) in [6.45, 7) is 7.13. The third kappa shape index (κ3) is 4.44. The first-order valence-electron chi connectivity index (χ1n) is 13.6. The molecule has 0 saturated carbocycles. The SMILES string of the molecule is CC(C)c1ccc(NC(=O)N2CCC[C@H]2C(=O)N2CC[C@H]3[C@H]2[C@H](C)C(=O)N3c2nc3ccc(F)cc3s2)cc1. The minimum atomic E-state index is -0.555. The molecule has 4 atom stereocenters. The molecule has 3 aliphatic rings. The van der Waals surface area contributed by atoms with Gasteiger partial charge in [-0.15, -0.1) is 0 Å². The van der Waals surface area contributed by atoms with Gasteiger partial charge in [-0.25, -0.2) is 14.2 Å². The second-order valence-electron chi connectivity index (χ2n) is 11.0. The lowest BCUT2D eigenvalue weighted by Gasteiger charge is -2.32. The second-order valence-corrected chi connectivity index (χ2v) is 12.1. The summed E-state index contributed by atoms with van der Waals surface area (Å²) in [6.07, 6.45) is 1.99. The van der Waals surface area contributed by atoms with Gasteiger partial charge in [0.25, 0.3) is 0 Å². The highest BCUT2D eigenvalue weighted by molar-refractivity contribution is 7.22. The van der Waals surface area contributed by atoms with Crippen molar-refractivity contribution in [3.05, 3.63) is 53.8 Å². The molecule has 8 nitrogen and oxygen atoms in total. The van der Waals surface area contributed by atoms with Gasteiger partial charge in [0, 0.05) is 18.8 Å². The number of carbonyl (C=O) groups is 3. The van der Waals surface area contributed by atoms with Gasteiger partial charge >= 0.3 is 6.03 Å². The standard InChI is InChI=1S/C29H32FN5O3S/c1-16(2)18-6-9-20(10-7-18)31-28(38)33-13-4-5-23(33)27(37)34-14-12-22-25(34)17(3)26(36)35(22)29-32-21-11-8-19(30)15-24(21)39-29/h6-11,15-17,22-23,25H,4-5,12-14H2,1-3H3,(H,31,38)/t17-,22-,23-,25+/m0/s1. The van der Waals surface area contributed by atoms with Crippen LogP contribution in [-0.4, -0.2) is 63.8 Å². The number of aromatic nitrogens is 1. The monoisotopic (exact) mass is 549 g/mol. The Morgan fingerprint density at radius 2 is 1.85 bits per heavy atom. The lowest BCUT2D eigenvalue weighted by atomic mass is 10.0. The maximum atomic E-state index is 13.9. The van der Waals surface area contributed by atoms with E-state index in [0.717, 1.165) is 6.42 Å². The fraction of sp³-hybridized carbons (Fsp3) is 0.448. The van der Waals surface area contributed by atoms with Crippen LogP contribution in [0.5, 0.6) is 0 Å². The fourth-order valence-corrected chi connectivity index (χ4v) is 7.35. The van der Waals surface area contributed by atoms with Crippen molar-refractivity contribution in [1.82, 2.24) is 14.8 Å². The first-order valence-corrected chi connectivity index (χ1v) is 14.4. The Kier molecular flexibility index (Phi) is 6.53. The van der Waals surface area contributed by atoms with E-state index >= 15 is 0 Å². The zero-order chi connectivity index (χ0) is 27.4. The molecular formula is C29H32FN5O3S. The molecule has 6 rings (SSSR count). The number of amides is 4. The number of rotatable bonds is 4. The van der Waals surface area contributed by atoms with Crippen molar-refractivity contribution in [2.24, 2.45) is 5.92 Å². The molecule has 0 bridgehead atoms. The quantitative estimate of drug-likeness (QED) is 0.484. The number of urea groups is 1. The molecule has 0 spiro atoms. The van der Waals surface area contributed by atoms with Crippen molar-refractivity contribution in [1.29, 1.82) is 0 Å². The normalized spacial score (nSPS) is 24.7. The van der Waals surface area contributed by atoms with Crippen molar-refractivity contribution >= 4 is 50.2 Å². The third-order valence-electron chi connectivity index (χ3n) is 8.35. The Hall–Kier alpha value is -3.53. The van der Waals surface area contributed by atoms with Crippen LogP contribution in [0.25, 0.3) is 10.2 Å². The van der Waals surface area contributed by atoms with Crippen LogP contribution in [0.2, 0.25) is 0 Å². The summed E-state index contributed by atoms with van der Waals surface area (Å²) in [5.41, 5.74) is 2.54. The first kappa shape index (κ1) is 25.7. The van der Waals surface area contributed by atoms with E-state index in [4.69, 9.17) is 0 Å². The molecule has 2 aromatic carbocycles. The number of nitrogens with zero attached hydrogens (tertiary/aromatic N) is 4. The number of hydrogen-bond donors (Lipinski definition) is 1. The first-order chi connectivity index (χ1) is 18.7. The summed E-state index contributed by atoms with van der Waals surface area (Å²) < 4.78 is 14.4. The Balaban J connectivity index is 1.18. The Labute approximate surface area is 230 Å². The number of halogens is 1. The smallest absolute Gasteiger partial charge is 0.322 e. The van der Waals surface area contributed by atoms with Crippen molar-refractivity contribution in [2.45, 2.75) is 64.1 Å². The molecule has 3 saturated heterocycles. The molecule has 39 heavy (non-hydrogen) atoms. The molecule has 0 unspecified atom stereocenters. The number of likely N-dealkylation sites (tertiary alicyclic amines) is 2. The van der Waals surface area contributed by atoms with Crippen LogP contribution in [0.15, 0.2) is 42.5 Å². The van der Waals surface area contributed by atoms with Gasteiger partial charge < -0.3 is 15.1 Å². The van der Waals surface area contributed by atoms with Gasteiger partial charge in [-0.1, -0.05) is 44.2 Å². The summed E-state index contributed by atoms with van der Waals surface area (Å²) >= 11 is 1.30. The van der Waals surface area contributed by atoms with Crippen LogP contribution >= 0.6 is 11.3 Å². The van der Waals surface area contributed by atoms with Gasteiger partial charge in [-0.3, -0.25) is 14.5 Å². The lowest BCUT2D eigenvalue weighted by molar-refractivity contribution is -0.137. The molecule has 4 amide bonds. The van der Waals surface area contributed by atoms with Gasteiger partial charge in [0.1, 0.15) is 11.9 Å². The van der Waals surface area contributed by atoms with Gasteiger partial charge in [0.05, 0.1) is 28.2 Å². The highest BCUT2D eigenvalue weighted by atomic mass is 32.1. The van der Waals surface area contributed by atoms with Gasteiger partial charge in [-0.2, -0.15) is 0 Å². The summed E-state index contributed by atoms with van der Waals surface area (Å²) in [7, 11) is 0. The summed E-state index contributed by atoms with van der Waals surface area (Å²) in [5.74, 6) is -0.510. The summed E-state index contributed by atoms with van der Waals surface area (Å²) in [6, 6.07) is 10.9. The highest BCUT2D eigenvalue weighted by Crippen LogP contribution is 2.42. The molecule has 1 N–H and O–H groups in total. The molecule has 3 aliphatic heterocycles. The highest BCUT2D eigenvalue weighted by Gasteiger charge is 2.55. The van der Waals surface area contributed by atoms with Crippen LogP contribution in [0.1, 0.15) is 51.5 Å². The zero-order valence-electron chi connectivity index (χ0n) is 22.3. The van der Waals surface area contributed by atoms with E-state index in [1.165, 1.54) is 29.0 Å². The lowest BCUT2D eigenvalue weighted by Crippen LogP contribution is -2.52. The van der Waals surface area contributed by atoms with E-state index in [1.54, 1.807) is 15.9 Å². The maximum absolute atomic E-state index is 13.9. The molecule has 1 aromatic heterocycles. The largest absolute Gasteiger partial charge is 0.335 e. The van der Waals surface area contributed by atoms with Crippen LogP contribution < -0.4 is 10.2 Å². The van der Waals surface area contributed by atoms with Crippen molar-refractivity contribution in [3.8, 4) is 0 Å². The van der Waals surface area contributed by atoms with Crippen LogP contribution in [0.4, 0.5) is 20.0 Å².